The second kappa shape index (κ2) is 9.03. The molecule has 1 saturated heterocycles. The molecule has 2 rings (SSSR count). The highest BCUT2D eigenvalue weighted by Crippen LogP contribution is 2.35. The fourth-order valence-corrected chi connectivity index (χ4v) is 3.74. The second-order valence-electron chi connectivity index (χ2n) is 6.45. The SMILES string of the molecule is Cc1ccc(Cl)cc1[C@H](OCCOS(C)(=O)=O)C1CCCN(C(=O)O)C1. The summed E-state index contributed by atoms with van der Waals surface area (Å²) in [7, 11) is -3.53. The molecule has 1 fully saturated rings. The van der Waals surface area contributed by atoms with E-state index in [1.165, 1.54) is 4.90 Å². The van der Waals surface area contributed by atoms with Crippen LogP contribution in [0.4, 0.5) is 4.79 Å². The van der Waals surface area contributed by atoms with Gasteiger partial charge >= 0.3 is 6.09 Å². The number of nitrogens with zero attached hydrogens (tertiary/aromatic N) is 1. The molecule has 0 aromatic heterocycles. The fourth-order valence-electron chi connectivity index (χ4n) is 3.19. The number of halogens is 1. The Morgan fingerprint density at radius 1 is 1.42 bits per heavy atom. The van der Waals surface area contributed by atoms with Gasteiger partial charge in [-0.3, -0.25) is 4.18 Å². The van der Waals surface area contributed by atoms with Crippen LogP contribution in [0.5, 0.6) is 0 Å². The number of carboxylic acid groups (broad SMARTS) is 1. The number of hydrogen-bond acceptors (Lipinski definition) is 5. The van der Waals surface area contributed by atoms with Gasteiger partial charge in [-0.25, -0.2) is 4.79 Å². The van der Waals surface area contributed by atoms with E-state index in [-0.39, 0.29) is 25.2 Å². The van der Waals surface area contributed by atoms with E-state index in [0.717, 1.165) is 30.2 Å². The number of amides is 1. The first-order chi connectivity index (χ1) is 12.2. The van der Waals surface area contributed by atoms with Crippen LogP contribution in [0.3, 0.4) is 0 Å². The monoisotopic (exact) mass is 405 g/mol. The van der Waals surface area contributed by atoms with Crippen molar-refractivity contribution in [1.29, 1.82) is 0 Å². The zero-order valence-electron chi connectivity index (χ0n) is 14.9. The van der Waals surface area contributed by atoms with E-state index < -0.39 is 16.2 Å². The van der Waals surface area contributed by atoms with E-state index in [0.29, 0.717) is 18.1 Å². The van der Waals surface area contributed by atoms with Crippen LogP contribution in [0.15, 0.2) is 18.2 Å². The maximum absolute atomic E-state index is 11.3. The van der Waals surface area contributed by atoms with Crippen molar-refractivity contribution in [3.05, 3.63) is 34.3 Å². The first kappa shape index (κ1) is 21.0. The molecule has 26 heavy (non-hydrogen) atoms. The van der Waals surface area contributed by atoms with Crippen LogP contribution >= 0.6 is 11.6 Å². The average Bonchev–Trinajstić information content (AvgIpc) is 2.56. The average molecular weight is 406 g/mol. The molecular formula is C17H24ClNO6S. The minimum atomic E-state index is -3.53. The van der Waals surface area contributed by atoms with Crippen LogP contribution in [-0.4, -0.2) is 57.1 Å². The first-order valence-corrected chi connectivity index (χ1v) is 10.6. The van der Waals surface area contributed by atoms with Crippen LogP contribution < -0.4 is 0 Å². The lowest BCUT2D eigenvalue weighted by atomic mass is 9.87. The summed E-state index contributed by atoms with van der Waals surface area (Å²) in [5.41, 5.74) is 1.87. The molecule has 1 aliphatic heterocycles. The summed E-state index contributed by atoms with van der Waals surface area (Å²) in [6.07, 6.45) is 1.21. The summed E-state index contributed by atoms with van der Waals surface area (Å²) < 4.78 is 32.9. The first-order valence-electron chi connectivity index (χ1n) is 8.37. The summed E-state index contributed by atoms with van der Waals surface area (Å²) >= 11 is 6.14. The van der Waals surface area contributed by atoms with Gasteiger partial charge in [0.25, 0.3) is 10.1 Å². The Morgan fingerprint density at radius 3 is 2.81 bits per heavy atom. The van der Waals surface area contributed by atoms with Gasteiger partial charge in [-0.1, -0.05) is 17.7 Å². The van der Waals surface area contributed by atoms with Crippen molar-refractivity contribution < 1.29 is 27.2 Å². The summed E-state index contributed by atoms with van der Waals surface area (Å²) in [4.78, 5) is 12.7. The van der Waals surface area contributed by atoms with E-state index >= 15 is 0 Å². The summed E-state index contributed by atoms with van der Waals surface area (Å²) in [5.74, 6) is -0.0461. The van der Waals surface area contributed by atoms with Crippen LogP contribution in [0.1, 0.15) is 30.1 Å². The van der Waals surface area contributed by atoms with E-state index in [9.17, 15) is 18.3 Å². The third kappa shape index (κ3) is 6.12. The number of benzene rings is 1. The van der Waals surface area contributed by atoms with Gasteiger partial charge in [0.2, 0.25) is 0 Å². The lowest BCUT2D eigenvalue weighted by Gasteiger charge is -2.36. The van der Waals surface area contributed by atoms with Gasteiger partial charge in [0.15, 0.2) is 0 Å². The quantitative estimate of drug-likeness (QED) is 0.553. The Bertz CT molecular complexity index is 739. The lowest BCUT2D eigenvalue weighted by molar-refractivity contribution is -0.0230. The fraction of sp³-hybridized carbons (Fsp3) is 0.588. The standard InChI is InChI=1S/C17H24ClNO6S/c1-12-5-6-14(18)10-15(12)16(24-8-9-25-26(2,22)23)13-4-3-7-19(11-13)17(20)21/h5-6,10,13,16H,3-4,7-9,11H2,1-2H3,(H,20,21)/t13?,16-/m1/s1. The zero-order valence-corrected chi connectivity index (χ0v) is 16.4. The van der Waals surface area contributed by atoms with Crippen molar-refractivity contribution in [2.75, 3.05) is 32.6 Å². The van der Waals surface area contributed by atoms with Crippen molar-refractivity contribution in [2.24, 2.45) is 5.92 Å². The summed E-state index contributed by atoms with van der Waals surface area (Å²) in [6, 6.07) is 5.49. The van der Waals surface area contributed by atoms with Gasteiger partial charge in [-0.15, -0.1) is 0 Å². The van der Waals surface area contributed by atoms with Gasteiger partial charge in [0.05, 0.1) is 25.6 Å². The normalized spacial score (nSPS) is 19.3. The van der Waals surface area contributed by atoms with E-state index in [1.54, 1.807) is 6.07 Å². The topological polar surface area (TPSA) is 93.1 Å². The molecule has 1 heterocycles. The van der Waals surface area contributed by atoms with Crippen molar-refractivity contribution in [3.63, 3.8) is 0 Å². The van der Waals surface area contributed by atoms with Crippen LogP contribution in [-0.2, 0) is 19.0 Å². The van der Waals surface area contributed by atoms with E-state index in [2.05, 4.69) is 0 Å². The Morgan fingerprint density at radius 2 is 2.15 bits per heavy atom. The minimum Gasteiger partial charge on any atom is -0.465 e. The Kier molecular flexibility index (Phi) is 7.28. The number of aryl methyl sites for hydroxylation is 1. The minimum absolute atomic E-state index is 0.0461. The lowest BCUT2D eigenvalue weighted by Crippen LogP contribution is -2.41. The molecule has 0 saturated carbocycles. The maximum Gasteiger partial charge on any atom is 0.407 e. The molecule has 0 radical (unpaired) electrons. The number of hydrogen-bond donors (Lipinski definition) is 1. The number of likely N-dealkylation sites (tertiary alicyclic amines) is 1. The zero-order chi connectivity index (χ0) is 19.3. The van der Waals surface area contributed by atoms with E-state index in [4.69, 9.17) is 20.5 Å². The van der Waals surface area contributed by atoms with Crippen molar-refractivity contribution in [1.82, 2.24) is 4.90 Å². The van der Waals surface area contributed by atoms with E-state index in [1.807, 2.05) is 19.1 Å². The second-order valence-corrected chi connectivity index (χ2v) is 8.53. The highest BCUT2D eigenvalue weighted by atomic mass is 35.5. The Hall–Kier alpha value is -1.35. The molecule has 0 aliphatic carbocycles. The number of ether oxygens (including phenoxy) is 1. The predicted octanol–water partition coefficient (Wildman–Crippen LogP) is 3.07. The number of rotatable bonds is 7. The molecule has 0 bridgehead atoms. The molecular weight excluding hydrogens is 382 g/mol. The third-order valence-corrected chi connectivity index (χ3v) is 5.21. The predicted molar refractivity (Wildman–Crippen MR) is 98.0 cm³/mol. The van der Waals surface area contributed by atoms with Gasteiger partial charge in [-0.2, -0.15) is 8.42 Å². The smallest absolute Gasteiger partial charge is 0.407 e. The molecule has 7 nitrogen and oxygen atoms in total. The van der Waals surface area contributed by atoms with Crippen LogP contribution in [0.2, 0.25) is 5.02 Å². The molecule has 1 aliphatic rings. The molecule has 9 heteroatoms. The summed E-state index contributed by atoms with van der Waals surface area (Å²) in [5, 5.41) is 9.86. The Labute approximate surface area is 159 Å². The molecule has 1 unspecified atom stereocenters. The number of carbonyl (C=O) groups is 1. The van der Waals surface area contributed by atoms with Gasteiger partial charge < -0.3 is 14.7 Å². The molecule has 1 amide bonds. The van der Waals surface area contributed by atoms with Crippen molar-refractivity contribution in [2.45, 2.75) is 25.9 Å². The largest absolute Gasteiger partial charge is 0.465 e. The third-order valence-electron chi connectivity index (χ3n) is 4.38. The van der Waals surface area contributed by atoms with Crippen molar-refractivity contribution in [3.8, 4) is 0 Å². The highest BCUT2D eigenvalue weighted by molar-refractivity contribution is 7.85. The van der Waals surface area contributed by atoms with Gasteiger partial charge in [0.1, 0.15) is 0 Å². The highest BCUT2D eigenvalue weighted by Gasteiger charge is 2.32. The molecule has 0 spiro atoms. The maximum atomic E-state index is 11.3. The van der Waals surface area contributed by atoms with Crippen LogP contribution in [0.25, 0.3) is 0 Å². The Balaban J connectivity index is 2.18. The van der Waals surface area contributed by atoms with Gasteiger partial charge in [0, 0.05) is 24.0 Å². The van der Waals surface area contributed by atoms with Crippen molar-refractivity contribution >= 4 is 27.8 Å². The molecule has 146 valence electrons. The molecule has 1 aromatic rings. The molecule has 1 N–H and O–H groups in total. The molecule has 2 atom stereocenters. The van der Waals surface area contributed by atoms with Gasteiger partial charge in [-0.05, 0) is 43.0 Å². The molecule has 1 aromatic carbocycles. The number of piperidine rings is 1. The summed E-state index contributed by atoms with van der Waals surface area (Å²) in [6.45, 7) is 2.79. The van der Waals surface area contributed by atoms with Crippen LogP contribution in [0, 0.1) is 12.8 Å².